The maximum atomic E-state index is 12.9. The van der Waals surface area contributed by atoms with Crippen LogP contribution in [0.25, 0.3) is 0 Å². The van der Waals surface area contributed by atoms with Gasteiger partial charge < -0.3 is 4.74 Å². The van der Waals surface area contributed by atoms with Gasteiger partial charge in [-0.1, -0.05) is 24.3 Å². The minimum Gasteiger partial charge on any atom is -0.464 e. The first kappa shape index (κ1) is 22.1. The van der Waals surface area contributed by atoms with Gasteiger partial charge >= 0.3 is 5.97 Å². The van der Waals surface area contributed by atoms with E-state index >= 15 is 0 Å². The van der Waals surface area contributed by atoms with Crippen molar-refractivity contribution in [2.45, 2.75) is 19.4 Å². The topological polar surface area (TPSA) is 76.0 Å². The second-order valence-electron chi connectivity index (χ2n) is 7.06. The molecule has 0 bridgehead atoms. The molecule has 32 heavy (non-hydrogen) atoms. The van der Waals surface area contributed by atoms with Crippen molar-refractivity contribution in [3.8, 4) is 0 Å². The standard InChI is InChI=1S/C24H19BrN2O4S/c1-2-31-24(30)20(27-22(28)18-5-3-4-6-19(18)23(27)29)13-15-7-9-16(10-8-15)26-14-17-11-12-21(25)32-17/h3-12,14,20H,2,13H2,1H3/t20-/m1/s1. The van der Waals surface area contributed by atoms with Crippen molar-refractivity contribution < 1.29 is 19.1 Å². The smallest absolute Gasteiger partial charge is 0.329 e. The largest absolute Gasteiger partial charge is 0.464 e. The molecule has 6 nitrogen and oxygen atoms in total. The monoisotopic (exact) mass is 510 g/mol. The van der Waals surface area contributed by atoms with Gasteiger partial charge in [-0.25, -0.2) is 4.79 Å². The summed E-state index contributed by atoms with van der Waals surface area (Å²) in [7, 11) is 0. The number of esters is 1. The van der Waals surface area contributed by atoms with Crippen LogP contribution in [0.1, 0.15) is 38.1 Å². The number of hydrogen-bond donors (Lipinski definition) is 0. The Morgan fingerprint density at radius 3 is 2.28 bits per heavy atom. The highest BCUT2D eigenvalue weighted by molar-refractivity contribution is 9.11. The Labute approximate surface area is 197 Å². The van der Waals surface area contributed by atoms with Crippen LogP contribution in [0.3, 0.4) is 0 Å². The first-order valence-electron chi connectivity index (χ1n) is 10.00. The Morgan fingerprint density at radius 1 is 1.06 bits per heavy atom. The number of rotatable bonds is 7. The number of thiophene rings is 1. The lowest BCUT2D eigenvalue weighted by Gasteiger charge is -2.24. The van der Waals surface area contributed by atoms with Crippen molar-refractivity contribution in [1.29, 1.82) is 0 Å². The molecule has 0 spiro atoms. The van der Waals surface area contributed by atoms with Gasteiger partial charge in [0.25, 0.3) is 11.8 Å². The highest BCUT2D eigenvalue weighted by atomic mass is 79.9. The molecule has 0 fully saturated rings. The van der Waals surface area contributed by atoms with Crippen molar-refractivity contribution in [1.82, 2.24) is 4.90 Å². The second-order valence-corrected chi connectivity index (χ2v) is 9.56. The Balaban J connectivity index is 1.55. The van der Waals surface area contributed by atoms with Crippen LogP contribution < -0.4 is 0 Å². The number of ether oxygens (including phenoxy) is 1. The van der Waals surface area contributed by atoms with Gasteiger partial charge in [-0.05, 0) is 64.8 Å². The fourth-order valence-electron chi connectivity index (χ4n) is 3.49. The van der Waals surface area contributed by atoms with Gasteiger partial charge in [-0.3, -0.25) is 19.5 Å². The molecular weight excluding hydrogens is 492 g/mol. The molecule has 1 atom stereocenters. The lowest BCUT2D eigenvalue weighted by molar-refractivity contribution is -0.147. The fourth-order valence-corrected chi connectivity index (χ4v) is 4.78. The average Bonchev–Trinajstić information content (AvgIpc) is 3.33. The molecule has 4 rings (SSSR count). The van der Waals surface area contributed by atoms with E-state index < -0.39 is 23.8 Å². The number of fused-ring (bicyclic) bond motifs is 1. The summed E-state index contributed by atoms with van der Waals surface area (Å²) in [4.78, 5) is 45.0. The molecule has 0 N–H and O–H groups in total. The zero-order valence-electron chi connectivity index (χ0n) is 17.2. The SMILES string of the molecule is CCOC(=O)[C@@H](Cc1ccc(N=Cc2ccc(Br)s2)cc1)N1C(=O)c2ccccc2C1=O. The molecular formula is C24H19BrN2O4S. The van der Waals surface area contributed by atoms with Crippen LogP contribution in [0.4, 0.5) is 5.69 Å². The van der Waals surface area contributed by atoms with Crippen LogP contribution in [0.15, 0.2) is 69.4 Å². The molecule has 1 aliphatic heterocycles. The first-order valence-corrected chi connectivity index (χ1v) is 11.6. The third-order valence-corrected chi connectivity index (χ3v) is 6.55. The molecule has 0 saturated heterocycles. The van der Waals surface area contributed by atoms with E-state index in [0.29, 0.717) is 11.1 Å². The fraction of sp³-hybridized carbons (Fsp3) is 0.167. The Morgan fingerprint density at radius 2 is 1.72 bits per heavy atom. The molecule has 162 valence electrons. The van der Waals surface area contributed by atoms with Crippen molar-refractivity contribution in [2.24, 2.45) is 4.99 Å². The summed E-state index contributed by atoms with van der Waals surface area (Å²) >= 11 is 5.01. The van der Waals surface area contributed by atoms with Crippen molar-refractivity contribution in [2.75, 3.05) is 6.61 Å². The molecule has 2 aromatic carbocycles. The van der Waals surface area contributed by atoms with Gasteiger partial charge in [0, 0.05) is 17.5 Å². The molecule has 2 heterocycles. The van der Waals surface area contributed by atoms with Crippen LogP contribution in [-0.4, -0.2) is 41.5 Å². The molecule has 0 saturated carbocycles. The summed E-state index contributed by atoms with van der Waals surface area (Å²) in [6, 6.07) is 16.8. The predicted octanol–water partition coefficient (Wildman–Crippen LogP) is 5.03. The summed E-state index contributed by atoms with van der Waals surface area (Å²) in [5, 5.41) is 0. The maximum Gasteiger partial charge on any atom is 0.329 e. The number of hydrogen-bond acceptors (Lipinski definition) is 6. The van der Waals surface area contributed by atoms with Gasteiger partial charge in [0.1, 0.15) is 6.04 Å². The van der Waals surface area contributed by atoms with E-state index in [1.54, 1.807) is 48.7 Å². The summed E-state index contributed by atoms with van der Waals surface area (Å²) in [6.07, 6.45) is 1.94. The third-order valence-electron chi connectivity index (χ3n) is 5.00. The summed E-state index contributed by atoms with van der Waals surface area (Å²) in [5.41, 5.74) is 2.15. The van der Waals surface area contributed by atoms with Gasteiger partial charge in [0.05, 0.1) is 27.2 Å². The molecule has 0 aliphatic carbocycles. The average molecular weight is 511 g/mol. The van der Waals surface area contributed by atoms with Gasteiger partial charge in [-0.2, -0.15) is 0 Å². The maximum absolute atomic E-state index is 12.9. The van der Waals surface area contributed by atoms with Crippen LogP contribution in [0.5, 0.6) is 0 Å². The van der Waals surface area contributed by atoms with Gasteiger partial charge in [0.15, 0.2) is 0 Å². The molecule has 2 amide bonds. The third kappa shape index (κ3) is 4.56. The van der Waals surface area contributed by atoms with E-state index in [-0.39, 0.29) is 13.0 Å². The predicted molar refractivity (Wildman–Crippen MR) is 127 cm³/mol. The number of carbonyl (C=O) groups excluding carboxylic acids is 3. The molecule has 1 aliphatic rings. The van der Waals surface area contributed by atoms with Crippen LogP contribution in [0.2, 0.25) is 0 Å². The molecule has 1 aromatic heterocycles. The van der Waals surface area contributed by atoms with Gasteiger partial charge in [-0.15, -0.1) is 11.3 Å². The number of carbonyl (C=O) groups is 3. The Hall–Kier alpha value is -3.10. The van der Waals surface area contributed by atoms with Crippen LogP contribution >= 0.6 is 27.3 Å². The normalized spacial score (nSPS) is 14.1. The number of aliphatic imine (C=N–C) groups is 1. The van der Waals surface area contributed by atoms with Crippen molar-refractivity contribution in [3.05, 3.63) is 86.0 Å². The lowest BCUT2D eigenvalue weighted by Crippen LogP contribution is -2.47. The first-order chi connectivity index (χ1) is 15.5. The van der Waals surface area contributed by atoms with E-state index in [4.69, 9.17) is 4.74 Å². The second kappa shape index (κ2) is 9.58. The van der Waals surface area contributed by atoms with Crippen LogP contribution in [-0.2, 0) is 16.0 Å². The van der Waals surface area contributed by atoms with E-state index in [9.17, 15) is 14.4 Å². The van der Waals surface area contributed by atoms with E-state index in [1.165, 1.54) is 0 Å². The molecule has 0 unspecified atom stereocenters. The summed E-state index contributed by atoms with van der Waals surface area (Å²) < 4.78 is 6.22. The zero-order valence-corrected chi connectivity index (χ0v) is 19.6. The van der Waals surface area contributed by atoms with E-state index in [0.717, 1.165) is 24.8 Å². The minimum absolute atomic E-state index is 0.158. The van der Waals surface area contributed by atoms with Gasteiger partial charge in [0.2, 0.25) is 0 Å². The minimum atomic E-state index is -1.04. The lowest BCUT2D eigenvalue weighted by atomic mass is 10.0. The highest BCUT2D eigenvalue weighted by Gasteiger charge is 2.43. The number of nitrogens with zero attached hydrogens (tertiary/aromatic N) is 2. The molecule has 3 aromatic rings. The van der Waals surface area contributed by atoms with E-state index in [2.05, 4.69) is 20.9 Å². The molecule has 0 radical (unpaired) electrons. The zero-order chi connectivity index (χ0) is 22.7. The van der Waals surface area contributed by atoms with Crippen molar-refractivity contribution >= 4 is 57.0 Å². The Kier molecular flexibility index (Phi) is 6.62. The number of halogens is 1. The summed E-state index contributed by atoms with van der Waals surface area (Å²) in [6.45, 7) is 1.85. The molecule has 8 heteroatoms. The number of benzene rings is 2. The number of imide groups is 1. The summed E-state index contributed by atoms with van der Waals surface area (Å²) in [5.74, 6) is -1.56. The van der Waals surface area contributed by atoms with Crippen LogP contribution in [0, 0.1) is 0 Å². The van der Waals surface area contributed by atoms with E-state index in [1.807, 2.05) is 36.4 Å². The van der Waals surface area contributed by atoms with Crippen molar-refractivity contribution in [3.63, 3.8) is 0 Å². The quantitative estimate of drug-likeness (QED) is 0.253. The number of amides is 2. The Bertz CT molecular complexity index is 1170. The highest BCUT2D eigenvalue weighted by Crippen LogP contribution is 2.27.